The number of rotatable bonds is 9. The molecule has 1 aliphatic carbocycles. The summed E-state index contributed by atoms with van der Waals surface area (Å²) in [6.07, 6.45) is 5.33. The fourth-order valence-electron chi connectivity index (χ4n) is 7.02. The largest absolute Gasteiger partial charge is 0.364 e. The molecule has 0 bridgehead atoms. The molecule has 6 heterocycles. The highest BCUT2D eigenvalue weighted by molar-refractivity contribution is 6.39. The Morgan fingerprint density at radius 1 is 1.08 bits per heavy atom. The van der Waals surface area contributed by atoms with Crippen molar-refractivity contribution in [2.24, 2.45) is 5.92 Å². The van der Waals surface area contributed by atoms with E-state index in [1.165, 1.54) is 0 Å². The minimum Gasteiger partial charge on any atom is -0.364 e. The summed E-state index contributed by atoms with van der Waals surface area (Å²) < 4.78 is 3.89. The van der Waals surface area contributed by atoms with Gasteiger partial charge in [0.05, 0.1) is 56.7 Å². The Labute approximate surface area is 280 Å². The molecule has 4 aromatic heterocycles. The molecule has 5 aromatic rings. The predicted molar refractivity (Wildman–Crippen MR) is 185 cm³/mol. The van der Waals surface area contributed by atoms with Crippen LogP contribution in [0.15, 0.2) is 54.7 Å². The number of fused-ring (bicyclic) bond motifs is 4. The van der Waals surface area contributed by atoms with Gasteiger partial charge < -0.3 is 20.4 Å². The zero-order chi connectivity index (χ0) is 33.3. The summed E-state index contributed by atoms with van der Waals surface area (Å²) >= 11 is 0. The number of aromatic nitrogens is 6. The molecular formula is C34H34B2N10O2. The fourth-order valence-corrected chi connectivity index (χ4v) is 7.02. The second-order valence-corrected chi connectivity index (χ2v) is 13.0. The first-order chi connectivity index (χ1) is 23.2. The molecule has 2 N–H and O–H groups in total. The van der Waals surface area contributed by atoms with Crippen molar-refractivity contribution in [2.45, 2.75) is 50.5 Å². The summed E-state index contributed by atoms with van der Waals surface area (Å²) in [4.78, 5) is 37.2. The Bertz CT molecular complexity index is 2080. The van der Waals surface area contributed by atoms with Gasteiger partial charge in [-0.1, -0.05) is 25.1 Å². The highest BCUT2D eigenvalue weighted by Crippen LogP contribution is 2.50. The molecule has 1 amide bonds. The number of hydrogen-bond acceptors (Lipinski definition) is 9. The van der Waals surface area contributed by atoms with E-state index < -0.39 is 5.34 Å². The third-order valence-electron chi connectivity index (χ3n) is 9.73. The van der Waals surface area contributed by atoms with E-state index in [2.05, 4.69) is 61.4 Å². The average Bonchev–Trinajstić information content (AvgIpc) is 3.72. The van der Waals surface area contributed by atoms with Crippen molar-refractivity contribution in [3.05, 3.63) is 77.5 Å². The number of benzene rings is 1. The van der Waals surface area contributed by atoms with Crippen LogP contribution in [0, 0.1) is 12.8 Å². The van der Waals surface area contributed by atoms with Crippen LogP contribution in [0.5, 0.6) is 0 Å². The lowest BCUT2D eigenvalue weighted by molar-refractivity contribution is -0.117. The standard InChI is InChI=1S/C34H34B2N10O2/c1-4-26-32-24(15-37-45(32)22-16-44(17-22)34(35,36)27-10-5-7-21(18-47)38-27)23-8-6-9-25(31(23)43(26)3)39-30-14-28(41-33(48)20-11-12-20)40-29-13-19(2)42-46(29)30/h5-10,13-15,18,20,22,26,39H,4,11-12,16-17H2,1-3H3,(H,40,41,48). The molecule has 1 unspecified atom stereocenters. The van der Waals surface area contributed by atoms with E-state index in [9.17, 15) is 9.59 Å². The van der Waals surface area contributed by atoms with Crippen LogP contribution in [-0.2, 0) is 10.1 Å². The highest BCUT2D eigenvalue weighted by Gasteiger charge is 2.42. The van der Waals surface area contributed by atoms with Crippen LogP contribution in [-0.4, -0.2) is 82.3 Å². The Balaban J connectivity index is 1.11. The number of pyridine rings is 1. The smallest absolute Gasteiger partial charge is 0.228 e. The summed E-state index contributed by atoms with van der Waals surface area (Å²) in [5, 5.41) is 14.9. The minimum absolute atomic E-state index is 0.00292. The van der Waals surface area contributed by atoms with Gasteiger partial charge in [0, 0.05) is 55.0 Å². The third kappa shape index (κ3) is 4.97. The minimum atomic E-state index is -1.32. The number of amides is 1. The zero-order valence-corrected chi connectivity index (χ0v) is 27.1. The summed E-state index contributed by atoms with van der Waals surface area (Å²) in [5.74, 6) is 1.26. The molecule has 48 heavy (non-hydrogen) atoms. The molecule has 1 saturated carbocycles. The quantitative estimate of drug-likeness (QED) is 0.182. The van der Waals surface area contributed by atoms with Crippen molar-refractivity contribution in [1.82, 2.24) is 34.3 Å². The number of likely N-dealkylation sites (tertiary alicyclic amines) is 1. The summed E-state index contributed by atoms with van der Waals surface area (Å²) in [6.45, 7) is 5.28. The molecule has 1 atom stereocenters. The molecule has 1 aromatic carbocycles. The summed E-state index contributed by atoms with van der Waals surface area (Å²) in [6, 6.07) is 15.2. The molecule has 238 valence electrons. The van der Waals surface area contributed by atoms with E-state index >= 15 is 0 Å². The molecule has 8 rings (SSSR count). The molecule has 2 aliphatic heterocycles. The van der Waals surface area contributed by atoms with Crippen LogP contribution in [0.25, 0.3) is 16.8 Å². The zero-order valence-electron chi connectivity index (χ0n) is 27.1. The van der Waals surface area contributed by atoms with Gasteiger partial charge in [-0.3, -0.25) is 14.3 Å². The molecule has 0 spiro atoms. The number of hydrogen-bond donors (Lipinski definition) is 2. The van der Waals surface area contributed by atoms with Gasteiger partial charge in [0.2, 0.25) is 5.91 Å². The molecule has 4 radical (unpaired) electrons. The Morgan fingerprint density at radius 2 is 1.88 bits per heavy atom. The maximum Gasteiger partial charge on any atom is 0.228 e. The second kappa shape index (κ2) is 11.3. The van der Waals surface area contributed by atoms with E-state index in [4.69, 9.17) is 20.8 Å². The van der Waals surface area contributed by atoms with Gasteiger partial charge in [-0.05, 0) is 49.7 Å². The van der Waals surface area contributed by atoms with Gasteiger partial charge >= 0.3 is 0 Å². The van der Waals surface area contributed by atoms with Crippen LogP contribution in [0.4, 0.5) is 23.0 Å². The predicted octanol–water partition coefficient (Wildman–Crippen LogP) is 4.11. The topological polar surface area (TPSA) is 126 Å². The first kappa shape index (κ1) is 30.4. The molecule has 2 fully saturated rings. The number of aryl methyl sites for hydroxylation is 1. The average molecular weight is 636 g/mol. The molecule has 3 aliphatic rings. The Hall–Kier alpha value is -4.97. The second-order valence-electron chi connectivity index (χ2n) is 13.0. The van der Waals surface area contributed by atoms with Crippen LogP contribution in [0.1, 0.15) is 65.8 Å². The number of anilines is 4. The van der Waals surface area contributed by atoms with E-state index in [1.54, 1.807) is 22.7 Å². The van der Waals surface area contributed by atoms with Crippen molar-refractivity contribution in [3.63, 3.8) is 0 Å². The van der Waals surface area contributed by atoms with Crippen LogP contribution < -0.4 is 15.5 Å². The summed E-state index contributed by atoms with van der Waals surface area (Å²) in [5.41, 5.74) is 7.46. The van der Waals surface area contributed by atoms with E-state index in [1.807, 2.05) is 36.2 Å². The van der Waals surface area contributed by atoms with E-state index in [0.717, 1.165) is 53.2 Å². The maximum absolute atomic E-state index is 12.6. The lowest BCUT2D eigenvalue weighted by Crippen LogP contribution is -2.60. The number of para-hydroxylation sites is 1. The Morgan fingerprint density at radius 3 is 2.62 bits per heavy atom. The Kier molecular flexibility index (Phi) is 7.17. The SMILES string of the molecule is [B]C([B])(c1cccc(C=O)n1)N1CC(n2ncc3c2C(CC)N(C)c2c(Nc4cc(NC(=O)C5CC5)nc5cc(C)nn45)cccc2-3)C1. The molecule has 14 heteroatoms. The van der Waals surface area contributed by atoms with Gasteiger partial charge in [-0.25, -0.2) is 9.97 Å². The first-order valence-corrected chi connectivity index (χ1v) is 16.3. The number of nitrogens with zero attached hydrogens (tertiary/aromatic N) is 8. The third-order valence-corrected chi connectivity index (χ3v) is 9.73. The van der Waals surface area contributed by atoms with Crippen LogP contribution in [0.3, 0.4) is 0 Å². The number of carbonyl (C=O) groups excluding carboxylic acids is 2. The first-order valence-electron chi connectivity index (χ1n) is 16.3. The van der Waals surface area contributed by atoms with Crippen molar-refractivity contribution < 1.29 is 9.59 Å². The van der Waals surface area contributed by atoms with Gasteiger partial charge in [0.15, 0.2) is 11.9 Å². The van der Waals surface area contributed by atoms with Crippen molar-refractivity contribution in [1.29, 1.82) is 0 Å². The fraction of sp³-hybridized carbons (Fsp3) is 0.353. The highest BCUT2D eigenvalue weighted by atomic mass is 16.2. The van der Waals surface area contributed by atoms with Crippen molar-refractivity contribution in [2.75, 3.05) is 35.7 Å². The van der Waals surface area contributed by atoms with E-state index in [0.29, 0.717) is 48.0 Å². The van der Waals surface area contributed by atoms with E-state index in [-0.39, 0.29) is 23.9 Å². The molecule has 12 nitrogen and oxygen atoms in total. The monoisotopic (exact) mass is 636 g/mol. The van der Waals surface area contributed by atoms with Crippen molar-refractivity contribution >= 4 is 56.5 Å². The molecule has 1 saturated heterocycles. The van der Waals surface area contributed by atoms with Crippen molar-refractivity contribution in [3.8, 4) is 11.1 Å². The molecular weight excluding hydrogens is 602 g/mol. The van der Waals surface area contributed by atoms with Crippen LogP contribution in [0.2, 0.25) is 0 Å². The van der Waals surface area contributed by atoms with Crippen LogP contribution >= 0.6 is 0 Å². The normalized spacial score (nSPS) is 17.9. The van der Waals surface area contributed by atoms with Gasteiger partial charge in [0.1, 0.15) is 17.3 Å². The number of carbonyl (C=O) groups is 2. The maximum atomic E-state index is 12.6. The number of nitrogens with one attached hydrogen (secondary N) is 2. The van der Waals surface area contributed by atoms with Gasteiger partial charge in [0.25, 0.3) is 0 Å². The summed E-state index contributed by atoms with van der Waals surface area (Å²) in [7, 11) is 15.3. The lowest BCUT2D eigenvalue weighted by Gasteiger charge is -2.50. The lowest BCUT2D eigenvalue weighted by atomic mass is 9.57. The number of aldehydes is 1. The van der Waals surface area contributed by atoms with Gasteiger partial charge in [-0.2, -0.15) is 14.7 Å². The van der Waals surface area contributed by atoms with Gasteiger partial charge in [-0.15, -0.1) is 0 Å².